The first-order chi connectivity index (χ1) is 6.92. The summed E-state index contributed by atoms with van der Waals surface area (Å²) in [6.07, 6.45) is 2.42. The predicted molar refractivity (Wildman–Crippen MR) is 61.6 cm³/mol. The summed E-state index contributed by atoms with van der Waals surface area (Å²) in [7, 11) is 2.16. The number of carbonyl (C=O) groups is 1. The van der Waals surface area contributed by atoms with Crippen molar-refractivity contribution in [3.8, 4) is 0 Å². The molecule has 0 aromatic carbocycles. The van der Waals surface area contributed by atoms with E-state index in [0.717, 1.165) is 13.1 Å². The number of nitrogens with zero attached hydrogens (tertiary/aromatic N) is 1. The maximum atomic E-state index is 10.7. The monoisotopic (exact) mass is 213 g/mol. The van der Waals surface area contributed by atoms with Crippen LogP contribution >= 0.6 is 0 Å². The fourth-order valence-electron chi connectivity index (χ4n) is 2.25. The van der Waals surface area contributed by atoms with Crippen LogP contribution in [0.5, 0.6) is 0 Å². The summed E-state index contributed by atoms with van der Waals surface area (Å²) < 4.78 is 0. The van der Waals surface area contributed by atoms with Crippen molar-refractivity contribution >= 4 is 6.03 Å². The van der Waals surface area contributed by atoms with Crippen molar-refractivity contribution < 1.29 is 4.79 Å². The molecule has 1 aliphatic rings. The van der Waals surface area contributed by atoms with Crippen LogP contribution in [0.4, 0.5) is 4.79 Å². The van der Waals surface area contributed by atoms with Gasteiger partial charge in [-0.3, -0.25) is 0 Å². The lowest BCUT2D eigenvalue weighted by molar-refractivity contribution is 0.115. The molecule has 2 amide bonds. The molecule has 88 valence electrons. The molecule has 0 aromatic rings. The quantitative estimate of drug-likeness (QED) is 0.735. The first-order valence-electron chi connectivity index (χ1n) is 5.63. The molecule has 1 rings (SSSR count). The topological polar surface area (TPSA) is 58.4 Å². The minimum absolute atomic E-state index is 0.149. The molecule has 0 unspecified atom stereocenters. The number of amides is 2. The first kappa shape index (κ1) is 12.3. The molecule has 0 radical (unpaired) electrons. The summed E-state index contributed by atoms with van der Waals surface area (Å²) in [4.78, 5) is 13.0. The molecule has 3 N–H and O–H groups in total. The Morgan fingerprint density at radius 1 is 1.47 bits per heavy atom. The molecule has 1 aliphatic heterocycles. The van der Waals surface area contributed by atoms with E-state index in [0.29, 0.717) is 12.5 Å². The van der Waals surface area contributed by atoms with Crippen LogP contribution in [-0.2, 0) is 0 Å². The van der Waals surface area contributed by atoms with Gasteiger partial charge in [0, 0.05) is 6.54 Å². The van der Waals surface area contributed by atoms with E-state index in [1.807, 2.05) is 0 Å². The predicted octanol–water partition coefficient (Wildman–Crippen LogP) is 1.02. The molecule has 0 saturated carbocycles. The Balaban J connectivity index is 2.42. The molecule has 4 nitrogen and oxygen atoms in total. The summed E-state index contributed by atoms with van der Waals surface area (Å²) >= 11 is 0. The first-order valence-corrected chi connectivity index (χ1v) is 5.63. The van der Waals surface area contributed by atoms with Crippen LogP contribution in [0.3, 0.4) is 0 Å². The number of hydrogen-bond donors (Lipinski definition) is 2. The minimum atomic E-state index is -0.420. The Bertz CT molecular complexity index is 220. The van der Waals surface area contributed by atoms with Crippen molar-refractivity contribution in [3.05, 3.63) is 0 Å². The molecular formula is C11H23N3O. The summed E-state index contributed by atoms with van der Waals surface area (Å²) in [6.45, 7) is 7.41. The summed E-state index contributed by atoms with van der Waals surface area (Å²) in [6, 6.07) is -0.420. The fourth-order valence-corrected chi connectivity index (χ4v) is 2.25. The highest BCUT2D eigenvalue weighted by Crippen LogP contribution is 2.33. The minimum Gasteiger partial charge on any atom is -0.352 e. The molecule has 0 aliphatic carbocycles. The van der Waals surface area contributed by atoms with Crippen LogP contribution in [0.15, 0.2) is 0 Å². The highest BCUT2D eigenvalue weighted by atomic mass is 16.2. The molecule has 1 saturated heterocycles. The number of urea groups is 1. The molecule has 0 atom stereocenters. The van der Waals surface area contributed by atoms with Crippen LogP contribution in [0.1, 0.15) is 26.7 Å². The number of primary amides is 1. The highest BCUT2D eigenvalue weighted by Gasteiger charge is 2.31. The maximum absolute atomic E-state index is 10.7. The Kier molecular flexibility index (Phi) is 3.97. The largest absolute Gasteiger partial charge is 0.352 e. The SMILES string of the molecule is CN1CCC(C(C)(C)CNC(N)=O)CC1. The summed E-state index contributed by atoms with van der Waals surface area (Å²) in [5.41, 5.74) is 5.24. The highest BCUT2D eigenvalue weighted by molar-refractivity contribution is 5.71. The third-order valence-electron chi connectivity index (χ3n) is 3.54. The second-order valence-corrected chi connectivity index (χ2v) is 5.28. The number of likely N-dealkylation sites (tertiary alicyclic amines) is 1. The molecule has 4 heteroatoms. The number of piperidine rings is 1. The van der Waals surface area contributed by atoms with Gasteiger partial charge in [-0.15, -0.1) is 0 Å². The maximum Gasteiger partial charge on any atom is 0.312 e. The van der Waals surface area contributed by atoms with Gasteiger partial charge >= 0.3 is 6.03 Å². The van der Waals surface area contributed by atoms with Crippen molar-refractivity contribution in [1.82, 2.24) is 10.2 Å². The van der Waals surface area contributed by atoms with Crippen molar-refractivity contribution in [2.24, 2.45) is 17.1 Å². The average molecular weight is 213 g/mol. The lowest BCUT2D eigenvalue weighted by atomic mass is 9.73. The van der Waals surface area contributed by atoms with Crippen molar-refractivity contribution in [2.75, 3.05) is 26.7 Å². The molecule has 0 spiro atoms. The van der Waals surface area contributed by atoms with Gasteiger partial charge < -0.3 is 16.0 Å². The summed E-state index contributed by atoms with van der Waals surface area (Å²) in [5.74, 6) is 0.681. The standard InChI is InChI=1S/C11H23N3O/c1-11(2,8-13-10(12)15)9-4-6-14(3)7-5-9/h9H,4-8H2,1-3H3,(H3,12,13,15). The molecule has 15 heavy (non-hydrogen) atoms. The number of nitrogens with two attached hydrogens (primary N) is 1. The van der Waals surface area contributed by atoms with E-state index in [1.54, 1.807) is 0 Å². The van der Waals surface area contributed by atoms with E-state index < -0.39 is 6.03 Å². The normalized spacial score (nSPS) is 20.2. The Morgan fingerprint density at radius 2 is 2.00 bits per heavy atom. The lowest BCUT2D eigenvalue weighted by Gasteiger charge is -2.39. The zero-order chi connectivity index (χ0) is 11.5. The number of carbonyl (C=O) groups excluding carboxylic acids is 1. The van der Waals surface area contributed by atoms with Crippen molar-refractivity contribution in [2.45, 2.75) is 26.7 Å². The van der Waals surface area contributed by atoms with Crippen molar-refractivity contribution in [1.29, 1.82) is 0 Å². The van der Waals surface area contributed by atoms with Crippen LogP contribution in [0, 0.1) is 11.3 Å². The van der Waals surface area contributed by atoms with Crippen LogP contribution in [0.25, 0.3) is 0 Å². The van der Waals surface area contributed by atoms with Crippen LogP contribution < -0.4 is 11.1 Å². The Morgan fingerprint density at radius 3 is 2.47 bits per heavy atom. The smallest absolute Gasteiger partial charge is 0.312 e. The second-order valence-electron chi connectivity index (χ2n) is 5.28. The number of hydrogen-bond acceptors (Lipinski definition) is 2. The molecule has 1 fully saturated rings. The van der Waals surface area contributed by atoms with Gasteiger partial charge in [0.05, 0.1) is 0 Å². The number of nitrogens with one attached hydrogen (secondary N) is 1. The van der Waals surface area contributed by atoms with Gasteiger partial charge in [0.2, 0.25) is 0 Å². The molecule has 0 aromatic heterocycles. The number of rotatable bonds is 3. The van der Waals surface area contributed by atoms with Gasteiger partial charge in [-0.05, 0) is 44.3 Å². The van der Waals surface area contributed by atoms with Crippen molar-refractivity contribution in [3.63, 3.8) is 0 Å². The van der Waals surface area contributed by atoms with E-state index in [1.165, 1.54) is 12.8 Å². The zero-order valence-corrected chi connectivity index (χ0v) is 10.0. The van der Waals surface area contributed by atoms with Gasteiger partial charge in [-0.25, -0.2) is 4.79 Å². The average Bonchev–Trinajstić information content (AvgIpc) is 2.16. The van der Waals surface area contributed by atoms with E-state index in [-0.39, 0.29) is 5.41 Å². The second kappa shape index (κ2) is 4.84. The lowest BCUT2D eigenvalue weighted by Crippen LogP contribution is -2.44. The van der Waals surface area contributed by atoms with Gasteiger partial charge in [0.15, 0.2) is 0 Å². The Hall–Kier alpha value is -0.770. The molecule has 0 bridgehead atoms. The molecular weight excluding hydrogens is 190 g/mol. The van der Waals surface area contributed by atoms with E-state index in [2.05, 4.69) is 31.1 Å². The Labute approximate surface area is 92.2 Å². The fraction of sp³-hybridized carbons (Fsp3) is 0.909. The van der Waals surface area contributed by atoms with Gasteiger partial charge in [-0.2, -0.15) is 0 Å². The zero-order valence-electron chi connectivity index (χ0n) is 10.0. The van der Waals surface area contributed by atoms with Crippen LogP contribution in [-0.4, -0.2) is 37.6 Å². The van der Waals surface area contributed by atoms with Crippen LogP contribution in [0.2, 0.25) is 0 Å². The third kappa shape index (κ3) is 3.70. The van der Waals surface area contributed by atoms with E-state index in [4.69, 9.17) is 5.73 Å². The van der Waals surface area contributed by atoms with E-state index >= 15 is 0 Å². The summed E-state index contributed by atoms with van der Waals surface area (Å²) in [5, 5.41) is 2.72. The van der Waals surface area contributed by atoms with E-state index in [9.17, 15) is 4.79 Å². The van der Waals surface area contributed by atoms with Gasteiger partial charge in [0.25, 0.3) is 0 Å². The molecule has 1 heterocycles. The van der Waals surface area contributed by atoms with Gasteiger partial charge in [-0.1, -0.05) is 13.8 Å². The third-order valence-corrected chi connectivity index (χ3v) is 3.54. The van der Waals surface area contributed by atoms with Gasteiger partial charge in [0.1, 0.15) is 0 Å².